The lowest BCUT2D eigenvalue weighted by molar-refractivity contribution is 0.0699. The Bertz CT molecular complexity index is 1030. The topological polar surface area (TPSA) is 66.4 Å². The molecule has 1 amide bonds. The van der Waals surface area contributed by atoms with Crippen LogP contribution in [0.1, 0.15) is 42.3 Å². The summed E-state index contributed by atoms with van der Waals surface area (Å²) < 4.78 is 0. The van der Waals surface area contributed by atoms with Gasteiger partial charge in [0.1, 0.15) is 10.6 Å². The summed E-state index contributed by atoms with van der Waals surface area (Å²) >= 11 is 1.29. The fourth-order valence-corrected chi connectivity index (χ4v) is 4.03. The van der Waals surface area contributed by atoms with Gasteiger partial charge in [-0.1, -0.05) is 35.9 Å². The maximum atomic E-state index is 12.7. The summed E-state index contributed by atoms with van der Waals surface area (Å²) in [4.78, 5) is 25.5. The molecular weight excluding hydrogens is 358 g/mol. The van der Waals surface area contributed by atoms with Crippen molar-refractivity contribution in [3.05, 3.63) is 75.2 Å². The van der Waals surface area contributed by atoms with Gasteiger partial charge in [-0.25, -0.2) is 4.79 Å². The van der Waals surface area contributed by atoms with E-state index in [4.69, 9.17) is 0 Å². The quantitative estimate of drug-likeness (QED) is 0.620. The van der Waals surface area contributed by atoms with E-state index >= 15 is 0 Å². The number of thiophene rings is 1. The number of aryl methyl sites for hydroxylation is 4. The van der Waals surface area contributed by atoms with Crippen molar-refractivity contribution < 1.29 is 14.7 Å². The molecule has 0 aliphatic rings. The smallest absolute Gasteiger partial charge is 0.339 e. The van der Waals surface area contributed by atoms with Crippen molar-refractivity contribution in [2.75, 3.05) is 5.32 Å². The molecule has 3 rings (SSSR count). The molecule has 2 N–H and O–H groups in total. The van der Waals surface area contributed by atoms with Gasteiger partial charge < -0.3 is 10.4 Å². The van der Waals surface area contributed by atoms with Gasteiger partial charge in [0.2, 0.25) is 0 Å². The SMILES string of the molecule is Cc1ccc(-c2c(C)sc(NC(=O)c3ccc(C)c(C)c3)c2C(=O)O)cc1. The summed E-state index contributed by atoms with van der Waals surface area (Å²) in [6, 6.07) is 13.2. The fraction of sp³-hybridized carbons (Fsp3) is 0.182. The molecule has 0 radical (unpaired) electrons. The second-order valence-corrected chi connectivity index (χ2v) is 7.89. The number of carbonyl (C=O) groups excluding carboxylic acids is 1. The van der Waals surface area contributed by atoms with Gasteiger partial charge in [-0.2, -0.15) is 0 Å². The van der Waals surface area contributed by atoms with Crippen LogP contribution in [-0.4, -0.2) is 17.0 Å². The van der Waals surface area contributed by atoms with Crippen LogP contribution in [0, 0.1) is 27.7 Å². The Labute approximate surface area is 162 Å². The van der Waals surface area contributed by atoms with E-state index < -0.39 is 5.97 Å². The van der Waals surface area contributed by atoms with Gasteiger partial charge in [-0.3, -0.25) is 4.79 Å². The highest BCUT2D eigenvalue weighted by Crippen LogP contribution is 2.40. The first-order valence-corrected chi connectivity index (χ1v) is 9.42. The average molecular weight is 379 g/mol. The summed E-state index contributed by atoms with van der Waals surface area (Å²) in [6.45, 7) is 7.78. The molecule has 0 unspecified atom stereocenters. The molecule has 1 aromatic heterocycles. The highest BCUT2D eigenvalue weighted by molar-refractivity contribution is 7.17. The van der Waals surface area contributed by atoms with Gasteiger partial charge in [0.05, 0.1) is 0 Å². The van der Waals surface area contributed by atoms with Gasteiger partial charge in [-0.15, -0.1) is 11.3 Å². The van der Waals surface area contributed by atoms with Crippen LogP contribution in [0.5, 0.6) is 0 Å². The summed E-state index contributed by atoms with van der Waals surface area (Å²) in [5.74, 6) is -1.36. The number of amides is 1. The van der Waals surface area contributed by atoms with Gasteiger partial charge in [0.25, 0.3) is 5.91 Å². The molecule has 3 aromatic rings. The second-order valence-electron chi connectivity index (χ2n) is 6.66. The molecule has 0 bridgehead atoms. The van der Waals surface area contributed by atoms with Crippen molar-refractivity contribution in [1.29, 1.82) is 0 Å². The predicted octanol–water partition coefficient (Wildman–Crippen LogP) is 5.60. The largest absolute Gasteiger partial charge is 0.478 e. The zero-order valence-corrected chi connectivity index (χ0v) is 16.5. The number of nitrogens with one attached hydrogen (secondary N) is 1. The maximum Gasteiger partial charge on any atom is 0.339 e. The summed E-state index contributed by atoms with van der Waals surface area (Å²) in [7, 11) is 0. The monoisotopic (exact) mass is 379 g/mol. The Kier molecular flexibility index (Phi) is 5.15. The van der Waals surface area contributed by atoms with E-state index in [0.717, 1.165) is 27.1 Å². The molecule has 138 valence electrons. The van der Waals surface area contributed by atoms with Crippen molar-refractivity contribution in [3.63, 3.8) is 0 Å². The van der Waals surface area contributed by atoms with E-state index in [9.17, 15) is 14.7 Å². The van der Waals surface area contributed by atoms with E-state index in [2.05, 4.69) is 5.32 Å². The van der Waals surface area contributed by atoms with E-state index in [1.165, 1.54) is 11.3 Å². The van der Waals surface area contributed by atoms with Gasteiger partial charge >= 0.3 is 5.97 Å². The van der Waals surface area contributed by atoms with Gasteiger partial charge in [-0.05, 0) is 56.5 Å². The Balaban J connectivity index is 2.02. The van der Waals surface area contributed by atoms with Crippen LogP contribution in [0.3, 0.4) is 0 Å². The molecule has 0 saturated heterocycles. The molecule has 0 aliphatic heterocycles. The standard InChI is InChI=1S/C22H21NO3S/c1-12-5-8-16(9-6-12)18-15(4)27-21(19(18)22(25)26)23-20(24)17-10-7-13(2)14(3)11-17/h5-11H,1-4H3,(H,23,24)(H,25,26). The third-order valence-corrected chi connectivity index (χ3v) is 5.66. The Hall–Kier alpha value is -2.92. The number of aromatic carboxylic acids is 1. The Morgan fingerprint density at radius 2 is 1.59 bits per heavy atom. The average Bonchev–Trinajstić information content (AvgIpc) is 2.94. The minimum atomic E-state index is -1.05. The molecule has 0 atom stereocenters. The van der Waals surface area contributed by atoms with Crippen molar-refractivity contribution in [3.8, 4) is 11.1 Å². The highest BCUT2D eigenvalue weighted by atomic mass is 32.1. The molecular formula is C22H21NO3S. The second kappa shape index (κ2) is 7.37. The molecule has 0 aliphatic carbocycles. The molecule has 0 spiro atoms. The molecule has 1 heterocycles. The van der Waals surface area contributed by atoms with Crippen LogP contribution >= 0.6 is 11.3 Å². The minimum absolute atomic E-state index is 0.138. The Morgan fingerprint density at radius 3 is 2.19 bits per heavy atom. The van der Waals surface area contributed by atoms with Crippen LogP contribution in [0.25, 0.3) is 11.1 Å². The normalized spacial score (nSPS) is 10.7. The first-order chi connectivity index (χ1) is 12.8. The summed E-state index contributed by atoms with van der Waals surface area (Å²) in [5, 5.41) is 13.0. The van der Waals surface area contributed by atoms with E-state index in [1.54, 1.807) is 6.07 Å². The molecule has 0 saturated carbocycles. The van der Waals surface area contributed by atoms with Crippen LogP contribution in [-0.2, 0) is 0 Å². The molecule has 27 heavy (non-hydrogen) atoms. The van der Waals surface area contributed by atoms with Crippen molar-refractivity contribution in [1.82, 2.24) is 0 Å². The number of rotatable bonds is 4. The van der Waals surface area contributed by atoms with E-state index in [1.807, 2.05) is 64.1 Å². The van der Waals surface area contributed by atoms with Crippen LogP contribution in [0.15, 0.2) is 42.5 Å². The van der Waals surface area contributed by atoms with Crippen LogP contribution < -0.4 is 5.32 Å². The lowest BCUT2D eigenvalue weighted by Crippen LogP contribution is -2.13. The molecule has 0 fully saturated rings. The van der Waals surface area contributed by atoms with E-state index in [0.29, 0.717) is 16.1 Å². The van der Waals surface area contributed by atoms with Gasteiger partial charge in [0.15, 0.2) is 0 Å². The number of hydrogen-bond donors (Lipinski definition) is 2. The minimum Gasteiger partial charge on any atom is -0.478 e. The lowest BCUT2D eigenvalue weighted by atomic mass is 10.0. The number of hydrogen-bond acceptors (Lipinski definition) is 3. The van der Waals surface area contributed by atoms with E-state index in [-0.39, 0.29) is 11.5 Å². The maximum absolute atomic E-state index is 12.7. The molecule has 2 aromatic carbocycles. The van der Waals surface area contributed by atoms with Crippen molar-refractivity contribution >= 4 is 28.2 Å². The number of carbonyl (C=O) groups is 2. The zero-order chi connectivity index (χ0) is 19.7. The number of benzene rings is 2. The van der Waals surface area contributed by atoms with Gasteiger partial charge in [0, 0.05) is 16.0 Å². The van der Waals surface area contributed by atoms with Crippen LogP contribution in [0.4, 0.5) is 5.00 Å². The predicted molar refractivity (Wildman–Crippen MR) is 110 cm³/mol. The first-order valence-electron chi connectivity index (χ1n) is 8.60. The van der Waals surface area contributed by atoms with Crippen LogP contribution in [0.2, 0.25) is 0 Å². The van der Waals surface area contributed by atoms with Crippen molar-refractivity contribution in [2.24, 2.45) is 0 Å². The van der Waals surface area contributed by atoms with Crippen molar-refractivity contribution in [2.45, 2.75) is 27.7 Å². The lowest BCUT2D eigenvalue weighted by Gasteiger charge is -2.08. The third kappa shape index (κ3) is 3.78. The molecule has 5 heteroatoms. The third-order valence-electron chi connectivity index (χ3n) is 4.63. The summed E-state index contributed by atoms with van der Waals surface area (Å²) in [6.07, 6.45) is 0. The first kappa shape index (κ1) is 18.9. The highest BCUT2D eigenvalue weighted by Gasteiger charge is 2.24. The number of anilines is 1. The number of carboxylic acids is 1. The Morgan fingerprint density at radius 1 is 0.926 bits per heavy atom. The summed E-state index contributed by atoms with van der Waals surface area (Å²) in [5.41, 5.74) is 5.36. The zero-order valence-electron chi connectivity index (χ0n) is 15.7. The fourth-order valence-electron chi connectivity index (χ4n) is 2.96. The number of carboxylic acid groups (broad SMARTS) is 1. The molecule has 4 nitrogen and oxygen atoms in total.